The number of rotatable bonds is 9. The van der Waals surface area contributed by atoms with Gasteiger partial charge in [-0.2, -0.15) is 0 Å². The lowest BCUT2D eigenvalue weighted by Gasteiger charge is -2.17. The molecule has 0 radical (unpaired) electrons. The van der Waals surface area contributed by atoms with Gasteiger partial charge in [0.2, 0.25) is 0 Å². The monoisotopic (exact) mass is 438 g/mol. The number of nitrogens with zero attached hydrogens (tertiary/aromatic N) is 2. The SMILES string of the molecule is CCCCCC(=O)c1cc(N(C)C)ccc1NC(=O)Nc1ncc(S(C)(=O)=O)s1. The van der Waals surface area contributed by atoms with Crippen LogP contribution in [0.1, 0.15) is 43.0 Å². The number of ketones is 1. The first-order valence-corrected chi connectivity index (χ1v) is 11.9. The molecule has 0 aliphatic rings. The highest BCUT2D eigenvalue weighted by atomic mass is 32.2. The van der Waals surface area contributed by atoms with Crippen LogP contribution in [0.5, 0.6) is 0 Å². The number of thiazole rings is 1. The fraction of sp³-hybridized carbons (Fsp3) is 0.421. The Labute approximate surface area is 175 Å². The van der Waals surface area contributed by atoms with Gasteiger partial charge in [-0.15, -0.1) is 0 Å². The summed E-state index contributed by atoms with van der Waals surface area (Å²) >= 11 is 0.865. The number of carbonyl (C=O) groups excluding carboxylic acids is 2. The summed E-state index contributed by atoms with van der Waals surface area (Å²) in [5, 5.41) is 5.34. The molecule has 0 atom stereocenters. The van der Waals surface area contributed by atoms with Gasteiger partial charge >= 0.3 is 6.03 Å². The second-order valence-corrected chi connectivity index (χ2v) is 10.1. The van der Waals surface area contributed by atoms with Crippen LogP contribution in [0, 0.1) is 0 Å². The van der Waals surface area contributed by atoms with Gasteiger partial charge in [0.1, 0.15) is 4.21 Å². The Kier molecular flexibility index (Phi) is 7.74. The van der Waals surface area contributed by atoms with Gasteiger partial charge in [-0.1, -0.05) is 31.1 Å². The second kappa shape index (κ2) is 9.84. The van der Waals surface area contributed by atoms with Crippen molar-refractivity contribution in [3.8, 4) is 0 Å². The molecular formula is C19H26N4O4S2. The number of urea groups is 1. The van der Waals surface area contributed by atoms with Crippen LogP contribution in [0.25, 0.3) is 0 Å². The number of sulfone groups is 1. The molecule has 0 saturated heterocycles. The predicted octanol–water partition coefficient (Wildman–Crippen LogP) is 4.02. The zero-order chi connectivity index (χ0) is 21.6. The maximum atomic E-state index is 12.7. The van der Waals surface area contributed by atoms with Gasteiger partial charge < -0.3 is 10.2 Å². The molecule has 2 aromatic rings. The summed E-state index contributed by atoms with van der Waals surface area (Å²) in [5.41, 5.74) is 1.69. The van der Waals surface area contributed by atoms with E-state index < -0.39 is 15.9 Å². The zero-order valence-electron chi connectivity index (χ0n) is 17.0. The van der Waals surface area contributed by atoms with Crippen molar-refractivity contribution in [3.05, 3.63) is 30.0 Å². The van der Waals surface area contributed by atoms with Crippen LogP contribution in [-0.2, 0) is 9.84 Å². The lowest BCUT2D eigenvalue weighted by molar-refractivity contribution is 0.0980. The lowest BCUT2D eigenvalue weighted by atomic mass is 10.0. The molecule has 0 spiro atoms. The van der Waals surface area contributed by atoms with E-state index in [-0.39, 0.29) is 15.1 Å². The number of anilines is 3. The van der Waals surface area contributed by atoms with Crippen LogP contribution < -0.4 is 15.5 Å². The highest BCUT2D eigenvalue weighted by Crippen LogP contribution is 2.26. The molecule has 10 heteroatoms. The first kappa shape index (κ1) is 22.8. The number of nitrogens with one attached hydrogen (secondary N) is 2. The Balaban J connectivity index is 2.18. The Bertz CT molecular complexity index is 984. The van der Waals surface area contributed by atoms with Crippen molar-refractivity contribution in [2.75, 3.05) is 35.9 Å². The molecule has 2 N–H and O–H groups in total. The summed E-state index contributed by atoms with van der Waals surface area (Å²) in [6.45, 7) is 2.07. The summed E-state index contributed by atoms with van der Waals surface area (Å²) in [6.07, 6.45) is 5.46. The molecule has 0 aliphatic carbocycles. The summed E-state index contributed by atoms with van der Waals surface area (Å²) in [4.78, 5) is 30.9. The van der Waals surface area contributed by atoms with Gasteiger partial charge in [-0.05, 0) is 24.6 Å². The summed E-state index contributed by atoms with van der Waals surface area (Å²) in [6, 6.07) is 4.66. The van der Waals surface area contributed by atoms with Crippen LogP contribution in [0.3, 0.4) is 0 Å². The minimum Gasteiger partial charge on any atom is -0.378 e. The molecule has 0 unspecified atom stereocenters. The van der Waals surface area contributed by atoms with Gasteiger partial charge in [0.25, 0.3) is 0 Å². The van der Waals surface area contributed by atoms with E-state index >= 15 is 0 Å². The molecule has 1 aromatic carbocycles. The maximum Gasteiger partial charge on any atom is 0.325 e. The quantitative estimate of drug-likeness (QED) is 0.452. The van der Waals surface area contributed by atoms with Gasteiger partial charge in [0.05, 0.1) is 11.9 Å². The van der Waals surface area contributed by atoms with Gasteiger partial charge in [-0.25, -0.2) is 18.2 Å². The van der Waals surface area contributed by atoms with E-state index in [1.165, 1.54) is 6.20 Å². The molecule has 158 valence electrons. The minimum atomic E-state index is -3.38. The molecule has 0 fully saturated rings. The zero-order valence-corrected chi connectivity index (χ0v) is 18.6. The standard InChI is InChI=1S/C19H26N4O4S2/c1-5-6-7-8-16(24)14-11-13(23(2)3)9-10-15(14)21-18(25)22-19-20-12-17(28-19)29(4,26)27/h9-12H,5-8H2,1-4H3,(H2,20,21,22,25). The number of hydrogen-bond acceptors (Lipinski definition) is 7. The molecule has 1 heterocycles. The highest BCUT2D eigenvalue weighted by Gasteiger charge is 2.17. The van der Waals surface area contributed by atoms with E-state index in [1.807, 2.05) is 25.1 Å². The summed E-state index contributed by atoms with van der Waals surface area (Å²) < 4.78 is 23.1. The van der Waals surface area contributed by atoms with Crippen molar-refractivity contribution >= 4 is 49.5 Å². The third-order valence-electron chi connectivity index (χ3n) is 4.15. The summed E-state index contributed by atoms with van der Waals surface area (Å²) in [5.74, 6) is -0.0361. The first-order chi connectivity index (χ1) is 13.6. The van der Waals surface area contributed by atoms with E-state index in [2.05, 4.69) is 22.5 Å². The van der Waals surface area contributed by atoms with Crippen molar-refractivity contribution in [2.24, 2.45) is 0 Å². The summed E-state index contributed by atoms with van der Waals surface area (Å²) in [7, 11) is 0.371. The number of Topliss-reactive ketones (excluding diaryl/α,β-unsaturated/α-hetero) is 1. The van der Waals surface area contributed by atoms with E-state index in [4.69, 9.17) is 0 Å². The molecule has 29 heavy (non-hydrogen) atoms. The average Bonchev–Trinajstić information content (AvgIpc) is 3.10. The van der Waals surface area contributed by atoms with E-state index in [1.54, 1.807) is 12.1 Å². The third-order valence-corrected chi connectivity index (χ3v) is 6.85. The Morgan fingerprint density at radius 2 is 1.90 bits per heavy atom. The van der Waals surface area contributed by atoms with Crippen molar-refractivity contribution in [3.63, 3.8) is 0 Å². The number of benzene rings is 1. The van der Waals surface area contributed by atoms with Crippen molar-refractivity contribution in [1.82, 2.24) is 4.98 Å². The fourth-order valence-electron chi connectivity index (χ4n) is 2.56. The maximum absolute atomic E-state index is 12.7. The predicted molar refractivity (Wildman–Crippen MR) is 117 cm³/mol. The van der Waals surface area contributed by atoms with Gasteiger partial charge in [-0.3, -0.25) is 10.1 Å². The molecule has 2 amide bonds. The Morgan fingerprint density at radius 1 is 1.17 bits per heavy atom. The van der Waals surface area contributed by atoms with Crippen LogP contribution in [-0.4, -0.2) is 45.6 Å². The molecule has 8 nitrogen and oxygen atoms in total. The number of unbranched alkanes of at least 4 members (excludes halogenated alkanes) is 2. The molecule has 1 aromatic heterocycles. The molecule has 0 saturated carbocycles. The van der Waals surface area contributed by atoms with E-state index in [0.717, 1.165) is 42.5 Å². The van der Waals surface area contributed by atoms with Crippen LogP contribution in [0.2, 0.25) is 0 Å². The fourth-order valence-corrected chi connectivity index (χ4v) is 4.19. The smallest absolute Gasteiger partial charge is 0.325 e. The largest absolute Gasteiger partial charge is 0.378 e. The normalized spacial score (nSPS) is 11.2. The van der Waals surface area contributed by atoms with Crippen LogP contribution in [0.15, 0.2) is 28.6 Å². The van der Waals surface area contributed by atoms with Crippen LogP contribution in [0.4, 0.5) is 21.3 Å². The average molecular weight is 439 g/mol. The molecule has 0 bridgehead atoms. The molecular weight excluding hydrogens is 412 g/mol. The van der Waals surface area contributed by atoms with E-state index in [0.29, 0.717) is 17.7 Å². The van der Waals surface area contributed by atoms with E-state index in [9.17, 15) is 18.0 Å². The lowest BCUT2D eigenvalue weighted by Crippen LogP contribution is -2.21. The number of hydrogen-bond donors (Lipinski definition) is 2. The number of amides is 2. The van der Waals surface area contributed by atoms with Crippen LogP contribution >= 0.6 is 11.3 Å². The Hall–Kier alpha value is -2.46. The molecule has 2 rings (SSSR count). The number of carbonyl (C=O) groups is 2. The minimum absolute atomic E-state index is 0.0361. The molecule has 0 aliphatic heterocycles. The number of aromatic nitrogens is 1. The topological polar surface area (TPSA) is 108 Å². The first-order valence-electron chi connectivity index (χ1n) is 9.20. The van der Waals surface area contributed by atoms with Crippen molar-refractivity contribution in [1.29, 1.82) is 0 Å². The van der Waals surface area contributed by atoms with Crippen molar-refractivity contribution in [2.45, 2.75) is 36.8 Å². The second-order valence-electron chi connectivity index (χ2n) is 6.84. The van der Waals surface area contributed by atoms with Crippen molar-refractivity contribution < 1.29 is 18.0 Å². The van der Waals surface area contributed by atoms with Gasteiger partial charge in [0, 0.05) is 38.0 Å². The van der Waals surface area contributed by atoms with Gasteiger partial charge in [0.15, 0.2) is 20.8 Å². The highest BCUT2D eigenvalue weighted by molar-refractivity contribution is 7.92. The Morgan fingerprint density at radius 3 is 2.48 bits per heavy atom. The third kappa shape index (κ3) is 6.53.